The van der Waals surface area contributed by atoms with Crippen molar-refractivity contribution in [3.05, 3.63) is 34.4 Å². The van der Waals surface area contributed by atoms with Crippen molar-refractivity contribution in [3.8, 4) is 5.75 Å². The third-order valence-electron chi connectivity index (χ3n) is 2.30. The van der Waals surface area contributed by atoms with Gasteiger partial charge in [-0.1, -0.05) is 13.3 Å². The topological polar surface area (TPSA) is 64.4 Å². The van der Waals surface area contributed by atoms with Crippen molar-refractivity contribution in [3.63, 3.8) is 0 Å². The van der Waals surface area contributed by atoms with E-state index in [2.05, 4.69) is 12.2 Å². The van der Waals surface area contributed by atoms with Crippen molar-refractivity contribution >= 4 is 5.69 Å². The van der Waals surface area contributed by atoms with Gasteiger partial charge in [-0.05, 0) is 25.1 Å². The Labute approximate surface area is 101 Å². The fourth-order valence-electron chi connectivity index (χ4n) is 1.33. The molecule has 5 heteroatoms. The quantitative estimate of drug-likeness (QED) is 0.429. The van der Waals surface area contributed by atoms with E-state index in [1.165, 1.54) is 18.6 Å². The molecule has 1 aromatic carbocycles. The van der Waals surface area contributed by atoms with E-state index in [4.69, 9.17) is 4.74 Å². The van der Waals surface area contributed by atoms with Crippen LogP contribution < -0.4 is 10.1 Å². The molecular weight excluding hydrogens is 220 g/mol. The molecule has 0 aliphatic carbocycles. The Hall–Kier alpha value is -1.62. The number of benzene rings is 1. The van der Waals surface area contributed by atoms with Gasteiger partial charge in [-0.15, -0.1) is 0 Å². The van der Waals surface area contributed by atoms with Crippen molar-refractivity contribution in [1.82, 2.24) is 5.32 Å². The lowest BCUT2D eigenvalue weighted by atomic mass is 10.3. The highest BCUT2D eigenvalue weighted by atomic mass is 16.6. The number of nitro benzene ring substituents is 1. The van der Waals surface area contributed by atoms with Gasteiger partial charge >= 0.3 is 0 Å². The van der Waals surface area contributed by atoms with Crippen LogP contribution in [-0.2, 0) is 0 Å². The van der Waals surface area contributed by atoms with Crippen LogP contribution >= 0.6 is 0 Å². The number of nitrogens with one attached hydrogen (secondary N) is 1. The molecule has 0 aliphatic rings. The van der Waals surface area contributed by atoms with Crippen LogP contribution in [0.4, 0.5) is 5.69 Å². The lowest BCUT2D eigenvalue weighted by molar-refractivity contribution is -0.384. The molecule has 0 atom stereocenters. The Morgan fingerprint density at radius 2 is 2.00 bits per heavy atom. The summed E-state index contributed by atoms with van der Waals surface area (Å²) in [4.78, 5) is 10.0. The molecule has 17 heavy (non-hydrogen) atoms. The molecular formula is C12H18N2O3. The van der Waals surface area contributed by atoms with Crippen LogP contribution in [0.2, 0.25) is 0 Å². The van der Waals surface area contributed by atoms with E-state index in [1.54, 1.807) is 12.1 Å². The van der Waals surface area contributed by atoms with E-state index in [9.17, 15) is 10.1 Å². The molecule has 0 unspecified atom stereocenters. The molecule has 1 N–H and O–H groups in total. The highest BCUT2D eigenvalue weighted by Gasteiger charge is 2.03. The normalized spacial score (nSPS) is 10.2. The molecule has 0 spiro atoms. The first-order valence-electron chi connectivity index (χ1n) is 5.82. The van der Waals surface area contributed by atoms with E-state index in [0.29, 0.717) is 12.4 Å². The molecule has 1 rings (SSSR count). The second-order valence-electron chi connectivity index (χ2n) is 3.70. The highest BCUT2D eigenvalue weighted by Crippen LogP contribution is 2.16. The van der Waals surface area contributed by atoms with Gasteiger partial charge in [0.25, 0.3) is 5.69 Å². The first kappa shape index (κ1) is 13.4. The Bertz CT molecular complexity index is 338. The van der Waals surface area contributed by atoms with Crippen LogP contribution in [0.3, 0.4) is 0 Å². The van der Waals surface area contributed by atoms with Gasteiger partial charge in [0.2, 0.25) is 0 Å². The molecule has 0 fully saturated rings. The van der Waals surface area contributed by atoms with Crippen molar-refractivity contribution in [2.24, 2.45) is 0 Å². The predicted octanol–water partition coefficient (Wildman–Crippen LogP) is 2.36. The van der Waals surface area contributed by atoms with Crippen LogP contribution in [0.15, 0.2) is 24.3 Å². The molecule has 0 saturated carbocycles. The number of rotatable bonds is 8. The summed E-state index contributed by atoms with van der Waals surface area (Å²) in [5, 5.41) is 13.7. The van der Waals surface area contributed by atoms with E-state index >= 15 is 0 Å². The maximum Gasteiger partial charge on any atom is 0.269 e. The molecule has 0 saturated heterocycles. The maximum atomic E-state index is 10.4. The summed E-state index contributed by atoms with van der Waals surface area (Å²) in [5.41, 5.74) is 0.0819. The van der Waals surface area contributed by atoms with Gasteiger partial charge in [0.1, 0.15) is 12.4 Å². The van der Waals surface area contributed by atoms with Crippen LogP contribution in [0.1, 0.15) is 19.8 Å². The van der Waals surface area contributed by atoms with E-state index in [0.717, 1.165) is 19.5 Å². The minimum Gasteiger partial charge on any atom is -0.492 e. The smallest absolute Gasteiger partial charge is 0.269 e. The van der Waals surface area contributed by atoms with E-state index in [1.807, 2.05) is 0 Å². The molecule has 5 nitrogen and oxygen atoms in total. The minimum atomic E-state index is -0.421. The average molecular weight is 238 g/mol. The predicted molar refractivity (Wildman–Crippen MR) is 66.4 cm³/mol. The lowest BCUT2D eigenvalue weighted by Crippen LogP contribution is -2.21. The Morgan fingerprint density at radius 3 is 2.59 bits per heavy atom. The second kappa shape index (κ2) is 7.62. The van der Waals surface area contributed by atoms with Crippen LogP contribution in [0, 0.1) is 10.1 Å². The third kappa shape index (κ3) is 5.31. The Kier molecular flexibility index (Phi) is 6.03. The molecule has 0 aliphatic heterocycles. The zero-order chi connectivity index (χ0) is 12.5. The molecule has 0 bridgehead atoms. The summed E-state index contributed by atoms with van der Waals surface area (Å²) >= 11 is 0. The van der Waals surface area contributed by atoms with Crippen LogP contribution in [0.5, 0.6) is 5.75 Å². The second-order valence-corrected chi connectivity index (χ2v) is 3.70. The number of nitro groups is 1. The summed E-state index contributed by atoms with van der Waals surface area (Å²) in [5.74, 6) is 0.660. The fourth-order valence-corrected chi connectivity index (χ4v) is 1.33. The molecule has 0 radical (unpaired) electrons. The zero-order valence-corrected chi connectivity index (χ0v) is 10.0. The van der Waals surface area contributed by atoms with Crippen molar-refractivity contribution in [2.75, 3.05) is 19.7 Å². The van der Waals surface area contributed by atoms with E-state index in [-0.39, 0.29) is 5.69 Å². The van der Waals surface area contributed by atoms with E-state index < -0.39 is 4.92 Å². The summed E-state index contributed by atoms with van der Waals surface area (Å²) in [6, 6.07) is 6.12. The SMILES string of the molecule is CCCCNCCOc1ccc([N+](=O)[O-])cc1. The monoisotopic (exact) mass is 238 g/mol. The van der Waals surface area contributed by atoms with Gasteiger partial charge in [0, 0.05) is 18.7 Å². The fraction of sp³-hybridized carbons (Fsp3) is 0.500. The lowest BCUT2D eigenvalue weighted by Gasteiger charge is -2.06. The number of hydrogen-bond donors (Lipinski definition) is 1. The molecule has 0 heterocycles. The number of hydrogen-bond acceptors (Lipinski definition) is 4. The van der Waals surface area contributed by atoms with Gasteiger partial charge in [-0.2, -0.15) is 0 Å². The number of ether oxygens (including phenoxy) is 1. The standard InChI is InChI=1S/C12H18N2O3/c1-2-3-8-13-9-10-17-12-6-4-11(5-7-12)14(15)16/h4-7,13H,2-3,8-10H2,1H3. The van der Waals surface area contributed by atoms with Crippen LogP contribution in [0.25, 0.3) is 0 Å². The summed E-state index contributed by atoms with van der Waals surface area (Å²) in [6.45, 7) is 4.51. The Balaban J connectivity index is 2.21. The molecule has 1 aromatic rings. The first-order valence-corrected chi connectivity index (χ1v) is 5.82. The van der Waals surface area contributed by atoms with Crippen molar-refractivity contribution in [1.29, 1.82) is 0 Å². The largest absolute Gasteiger partial charge is 0.492 e. The Morgan fingerprint density at radius 1 is 1.29 bits per heavy atom. The number of nitrogens with zero attached hydrogens (tertiary/aromatic N) is 1. The summed E-state index contributed by atoms with van der Waals surface area (Å²) in [7, 11) is 0. The van der Waals surface area contributed by atoms with Crippen molar-refractivity contribution in [2.45, 2.75) is 19.8 Å². The third-order valence-corrected chi connectivity index (χ3v) is 2.30. The number of unbranched alkanes of at least 4 members (excludes halogenated alkanes) is 1. The molecule has 94 valence electrons. The maximum absolute atomic E-state index is 10.4. The van der Waals surface area contributed by atoms with Gasteiger partial charge < -0.3 is 10.1 Å². The summed E-state index contributed by atoms with van der Waals surface area (Å²) in [6.07, 6.45) is 2.34. The summed E-state index contributed by atoms with van der Waals surface area (Å²) < 4.78 is 5.44. The van der Waals surface area contributed by atoms with Crippen LogP contribution in [-0.4, -0.2) is 24.6 Å². The average Bonchev–Trinajstić information content (AvgIpc) is 2.34. The van der Waals surface area contributed by atoms with Gasteiger partial charge in [0.05, 0.1) is 4.92 Å². The molecule has 0 aromatic heterocycles. The van der Waals surface area contributed by atoms with Crippen molar-refractivity contribution < 1.29 is 9.66 Å². The highest BCUT2D eigenvalue weighted by molar-refractivity contribution is 5.35. The zero-order valence-electron chi connectivity index (χ0n) is 10.0. The molecule has 0 amide bonds. The van der Waals surface area contributed by atoms with Gasteiger partial charge in [-0.25, -0.2) is 0 Å². The first-order chi connectivity index (χ1) is 8.24. The number of non-ortho nitro benzene ring substituents is 1. The minimum absolute atomic E-state index is 0.0819. The van der Waals surface area contributed by atoms with Gasteiger partial charge in [0.15, 0.2) is 0 Å². The van der Waals surface area contributed by atoms with Gasteiger partial charge in [-0.3, -0.25) is 10.1 Å².